The summed E-state index contributed by atoms with van der Waals surface area (Å²) in [5.74, 6) is -0.0108. The molecule has 0 atom stereocenters. The summed E-state index contributed by atoms with van der Waals surface area (Å²) < 4.78 is 10.0. The van der Waals surface area contributed by atoms with Crippen LogP contribution in [0.4, 0.5) is 0 Å². The van der Waals surface area contributed by atoms with Gasteiger partial charge in [-0.15, -0.1) is 0 Å². The van der Waals surface area contributed by atoms with Gasteiger partial charge in [-0.25, -0.2) is 0 Å². The molecule has 1 rings (SSSR count). The second-order valence-corrected chi connectivity index (χ2v) is 5.12. The van der Waals surface area contributed by atoms with Gasteiger partial charge in [-0.2, -0.15) is 0 Å². The van der Waals surface area contributed by atoms with Gasteiger partial charge in [0.25, 0.3) is 0 Å². The SMILES string of the molecule is COCCN(CCOC)C(=O)Cc1ccc(Cl)cc1Cl. The van der Waals surface area contributed by atoms with Crippen LogP contribution in [-0.2, 0) is 20.7 Å². The molecule has 0 aliphatic rings. The topological polar surface area (TPSA) is 38.8 Å². The summed E-state index contributed by atoms with van der Waals surface area (Å²) in [4.78, 5) is 14.0. The van der Waals surface area contributed by atoms with Crippen molar-refractivity contribution in [2.75, 3.05) is 40.5 Å². The highest BCUT2D eigenvalue weighted by Crippen LogP contribution is 2.21. The van der Waals surface area contributed by atoms with Crippen LogP contribution in [0.2, 0.25) is 10.0 Å². The fraction of sp³-hybridized carbons (Fsp3) is 0.500. The van der Waals surface area contributed by atoms with Crippen LogP contribution in [0.25, 0.3) is 0 Å². The summed E-state index contributed by atoms with van der Waals surface area (Å²) in [6.45, 7) is 2.04. The highest BCUT2D eigenvalue weighted by atomic mass is 35.5. The molecule has 0 spiro atoms. The zero-order valence-electron chi connectivity index (χ0n) is 11.7. The summed E-state index contributed by atoms with van der Waals surface area (Å²) in [7, 11) is 3.21. The molecule has 1 aromatic rings. The third kappa shape index (κ3) is 5.67. The predicted octanol–water partition coefficient (Wildman–Crippen LogP) is 2.66. The van der Waals surface area contributed by atoms with Crippen LogP contribution in [-0.4, -0.2) is 51.3 Å². The van der Waals surface area contributed by atoms with E-state index in [-0.39, 0.29) is 12.3 Å². The first kappa shape index (κ1) is 17.2. The normalized spacial score (nSPS) is 10.6. The number of rotatable bonds is 8. The van der Waals surface area contributed by atoms with Crippen molar-refractivity contribution in [2.24, 2.45) is 0 Å². The Hall–Kier alpha value is -0.810. The molecule has 0 saturated heterocycles. The van der Waals surface area contributed by atoms with E-state index in [2.05, 4.69) is 0 Å². The molecule has 1 amide bonds. The molecule has 0 fully saturated rings. The molecule has 1 aromatic carbocycles. The predicted molar refractivity (Wildman–Crippen MR) is 80.5 cm³/mol. The Morgan fingerprint density at radius 1 is 1.15 bits per heavy atom. The number of hydrogen-bond acceptors (Lipinski definition) is 3. The smallest absolute Gasteiger partial charge is 0.227 e. The highest BCUT2D eigenvalue weighted by Gasteiger charge is 2.15. The second-order valence-electron chi connectivity index (χ2n) is 4.28. The maximum absolute atomic E-state index is 12.3. The number of hydrogen-bond donors (Lipinski definition) is 0. The number of carbonyl (C=O) groups is 1. The molecule has 0 aliphatic carbocycles. The van der Waals surface area contributed by atoms with E-state index in [1.807, 2.05) is 0 Å². The first-order valence-corrected chi connectivity index (χ1v) is 7.03. The van der Waals surface area contributed by atoms with Crippen molar-refractivity contribution in [2.45, 2.75) is 6.42 Å². The van der Waals surface area contributed by atoms with Crippen LogP contribution in [0, 0.1) is 0 Å². The van der Waals surface area contributed by atoms with Gasteiger partial charge < -0.3 is 14.4 Å². The first-order valence-electron chi connectivity index (χ1n) is 6.28. The second kappa shape index (κ2) is 9.19. The average Bonchev–Trinajstić information content (AvgIpc) is 2.42. The van der Waals surface area contributed by atoms with Gasteiger partial charge in [-0.1, -0.05) is 29.3 Å². The highest BCUT2D eigenvalue weighted by molar-refractivity contribution is 6.35. The monoisotopic (exact) mass is 319 g/mol. The van der Waals surface area contributed by atoms with Gasteiger partial charge in [0.1, 0.15) is 0 Å². The minimum atomic E-state index is -0.0108. The van der Waals surface area contributed by atoms with Crippen LogP contribution in [0.1, 0.15) is 5.56 Å². The van der Waals surface area contributed by atoms with E-state index < -0.39 is 0 Å². The molecule has 0 N–H and O–H groups in total. The number of nitrogens with zero attached hydrogens (tertiary/aromatic N) is 1. The molecule has 0 aromatic heterocycles. The summed E-state index contributed by atoms with van der Waals surface area (Å²) in [5.41, 5.74) is 0.765. The molecular weight excluding hydrogens is 301 g/mol. The van der Waals surface area contributed by atoms with Gasteiger partial charge >= 0.3 is 0 Å². The minimum absolute atomic E-state index is 0.0108. The van der Waals surface area contributed by atoms with E-state index in [0.29, 0.717) is 36.3 Å². The van der Waals surface area contributed by atoms with Crippen molar-refractivity contribution in [3.8, 4) is 0 Å². The standard InChI is InChI=1S/C14H19Cl2NO3/c1-19-7-5-17(6-8-20-2)14(18)9-11-3-4-12(15)10-13(11)16/h3-4,10H,5-9H2,1-2H3. The molecule has 0 aliphatic heterocycles. The van der Waals surface area contributed by atoms with Gasteiger partial charge in [0.05, 0.1) is 19.6 Å². The van der Waals surface area contributed by atoms with Crippen LogP contribution < -0.4 is 0 Å². The van der Waals surface area contributed by atoms with E-state index in [1.54, 1.807) is 37.3 Å². The average molecular weight is 320 g/mol. The number of carbonyl (C=O) groups excluding carboxylic acids is 1. The summed E-state index contributed by atoms with van der Waals surface area (Å²) in [6, 6.07) is 5.14. The lowest BCUT2D eigenvalue weighted by Crippen LogP contribution is -2.37. The summed E-state index contributed by atoms with van der Waals surface area (Å²) >= 11 is 11.9. The van der Waals surface area contributed by atoms with Crippen LogP contribution in [0.5, 0.6) is 0 Å². The molecule has 20 heavy (non-hydrogen) atoms. The van der Waals surface area contributed by atoms with Crippen LogP contribution in [0.15, 0.2) is 18.2 Å². The van der Waals surface area contributed by atoms with Crippen molar-refractivity contribution in [3.63, 3.8) is 0 Å². The zero-order valence-corrected chi connectivity index (χ0v) is 13.2. The quantitative estimate of drug-likeness (QED) is 0.739. The van der Waals surface area contributed by atoms with Gasteiger partial charge in [-0.05, 0) is 17.7 Å². The van der Waals surface area contributed by atoms with Crippen molar-refractivity contribution in [3.05, 3.63) is 33.8 Å². The molecule has 112 valence electrons. The van der Waals surface area contributed by atoms with Crippen LogP contribution >= 0.6 is 23.2 Å². The maximum Gasteiger partial charge on any atom is 0.227 e. The number of benzene rings is 1. The molecule has 4 nitrogen and oxygen atoms in total. The summed E-state index contributed by atoms with van der Waals surface area (Å²) in [5, 5.41) is 1.06. The fourth-order valence-electron chi connectivity index (χ4n) is 1.70. The van der Waals surface area contributed by atoms with Crippen molar-refractivity contribution in [1.29, 1.82) is 0 Å². The summed E-state index contributed by atoms with van der Waals surface area (Å²) in [6.07, 6.45) is 0.240. The van der Waals surface area contributed by atoms with E-state index in [9.17, 15) is 4.79 Å². The Balaban J connectivity index is 2.68. The Labute approximate surface area is 129 Å². The van der Waals surface area contributed by atoms with Crippen LogP contribution in [0.3, 0.4) is 0 Å². The molecule has 0 saturated carbocycles. The molecule has 6 heteroatoms. The molecule has 0 bridgehead atoms. The Morgan fingerprint density at radius 2 is 1.75 bits per heavy atom. The van der Waals surface area contributed by atoms with E-state index in [1.165, 1.54) is 0 Å². The third-order valence-corrected chi connectivity index (χ3v) is 3.43. The van der Waals surface area contributed by atoms with E-state index in [0.717, 1.165) is 5.56 Å². The van der Waals surface area contributed by atoms with Crippen molar-refractivity contribution in [1.82, 2.24) is 4.90 Å². The van der Waals surface area contributed by atoms with Gasteiger partial charge in [0.2, 0.25) is 5.91 Å². The number of amides is 1. The lowest BCUT2D eigenvalue weighted by molar-refractivity contribution is -0.131. The molecule has 0 radical (unpaired) electrons. The fourth-order valence-corrected chi connectivity index (χ4v) is 2.18. The zero-order chi connectivity index (χ0) is 15.0. The Morgan fingerprint density at radius 3 is 2.25 bits per heavy atom. The van der Waals surface area contributed by atoms with Crippen molar-refractivity contribution < 1.29 is 14.3 Å². The Bertz CT molecular complexity index is 432. The maximum atomic E-state index is 12.3. The van der Waals surface area contributed by atoms with E-state index >= 15 is 0 Å². The molecule has 0 unspecified atom stereocenters. The van der Waals surface area contributed by atoms with Gasteiger partial charge in [0, 0.05) is 37.4 Å². The lowest BCUT2D eigenvalue weighted by atomic mass is 10.1. The first-order chi connectivity index (χ1) is 9.58. The van der Waals surface area contributed by atoms with Gasteiger partial charge in [0.15, 0.2) is 0 Å². The van der Waals surface area contributed by atoms with Gasteiger partial charge in [-0.3, -0.25) is 4.79 Å². The third-order valence-electron chi connectivity index (χ3n) is 2.84. The number of ether oxygens (including phenoxy) is 2. The minimum Gasteiger partial charge on any atom is -0.383 e. The molecular formula is C14H19Cl2NO3. The molecule has 0 heterocycles. The number of halogens is 2. The van der Waals surface area contributed by atoms with Crippen molar-refractivity contribution >= 4 is 29.1 Å². The largest absolute Gasteiger partial charge is 0.383 e. The van der Waals surface area contributed by atoms with E-state index in [4.69, 9.17) is 32.7 Å². The Kier molecular flexibility index (Phi) is 7.92. The number of methoxy groups -OCH3 is 2. The lowest BCUT2D eigenvalue weighted by Gasteiger charge is -2.22.